The second-order valence-electron chi connectivity index (χ2n) is 4.01. The van der Waals surface area contributed by atoms with Crippen molar-refractivity contribution >= 4 is 25.4 Å². The van der Waals surface area contributed by atoms with E-state index in [0.717, 1.165) is 0 Å². The monoisotopic (exact) mass is 325 g/mol. The first-order valence-corrected chi connectivity index (χ1v) is 8.10. The molecule has 0 amide bonds. The molecule has 0 fully saturated rings. The lowest BCUT2D eigenvalue weighted by atomic mass is 10.2. The lowest BCUT2D eigenvalue weighted by Gasteiger charge is -2.17. The summed E-state index contributed by atoms with van der Waals surface area (Å²) in [7, 11) is 0.814. The summed E-state index contributed by atoms with van der Waals surface area (Å²) >= 11 is 0. The number of hydrogen-bond donors (Lipinski definition) is 0. The molecule has 1 aromatic rings. The van der Waals surface area contributed by atoms with Crippen molar-refractivity contribution in [1.29, 1.82) is 0 Å². The minimum absolute atomic E-state index is 0.414. The van der Waals surface area contributed by atoms with Gasteiger partial charge in [0.2, 0.25) is 0 Å². The van der Waals surface area contributed by atoms with E-state index in [1.807, 2.05) is 0 Å². The molecule has 0 aliphatic heterocycles. The Morgan fingerprint density at radius 2 is 1.95 bits per heavy atom. The van der Waals surface area contributed by atoms with Crippen LogP contribution < -0.4 is 4.74 Å². The number of benzene rings is 1. The van der Waals surface area contributed by atoms with Gasteiger partial charge in [0, 0.05) is 16.7 Å². The van der Waals surface area contributed by atoms with Gasteiger partial charge in [0.25, 0.3) is 14.7 Å². The molecular weight excluding hydrogens is 313 g/mol. The summed E-state index contributed by atoms with van der Waals surface area (Å²) in [5.41, 5.74) is -0.710. The number of hydrogen-bond acceptors (Lipinski definition) is 5. The van der Waals surface area contributed by atoms with Gasteiger partial charge in [0.05, 0.1) is 17.1 Å². The Bertz CT molecular complexity index is 615. The lowest BCUT2D eigenvalue weighted by Crippen LogP contribution is -2.16. The van der Waals surface area contributed by atoms with E-state index in [1.165, 1.54) is 0 Å². The largest absolute Gasteiger partial charge is 0.486 e. The molecule has 0 N–H and O–H groups in total. The fourth-order valence-corrected chi connectivity index (χ4v) is 2.55. The standard InChI is InChI=1S/C11H13ClFNO5S/c1-3-8(4-2)19-11-9(13)5-7(14(15)16)6-10(11)20(12,17)18/h5-6,8H,3-4H2,1-2H3. The van der Waals surface area contributed by atoms with E-state index in [9.17, 15) is 22.9 Å². The average Bonchev–Trinajstić information content (AvgIpc) is 2.35. The van der Waals surface area contributed by atoms with Gasteiger partial charge in [-0.3, -0.25) is 10.1 Å². The Morgan fingerprint density at radius 3 is 2.35 bits per heavy atom. The van der Waals surface area contributed by atoms with E-state index in [4.69, 9.17) is 15.4 Å². The van der Waals surface area contributed by atoms with Crippen LogP contribution in [0.5, 0.6) is 5.75 Å². The first-order valence-electron chi connectivity index (χ1n) is 5.79. The van der Waals surface area contributed by atoms with Crippen molar-refractivity contribution in [2.75, 3.05) is 0 Å². The van der Waals surface area contributed by atoms with Gasteiger partial charge in [-0.1, -0.05) is 13.8 Å². The van der Waals surface area contributed by atoms with Gasteiger partial charge in [0.15, 0.2) is 11.6 Å². The Morgan fingerprint density at radius 1 is 1.40 bits per heavy atom. The van der Waals surface area contributed by atoms with Crippen molar-refractivity contribution in [3.8, 4) is 5.75 Å². The Hall–Kier alpha value is -1.41. The average molecular weight is 326 g/mol. The van der Waals surface area contributed by atoms with E-state index in [1.54, 1.807) is 13.8 Å². The summed E-state index contributed by atoms with van der Waals surface area (Å²) in [5.74, 6) is -1.72. The maximum absolute atomic E-state index is 13.9. The van der Waals surface area contributed by atoms with Gasteiger partial charge in [-0.05, 0) is 12.8 Å². The molecule has 0 aliphatic carbocycles. The first kappa shape index (κ1) is 16.6. The molecular formula is C11H13ClFNO5S. The fraction of sp³-hybridized carbons (Fsp3) is 0.455. The van der Waals surface area contributed by atoms with Crippen LogP contribution in [0.3, 0.4) is 0 Å². The molecule has 112 valence electrons. The Labute approximate surface area is 120 Å². The number of ether oxygens (including phenoxy) is 1. The van der Waals surface area contributed by atoms with Crippen LogP contribution in [0.2, 0.25) is 0 Å². The smallest absolute Gasteiger partial charge is 0.273 e. The highest BCUT2D eigenvalue weighted by molar-refractivity contribution is 8.13. The lowest BCUT2D eigenvalue weighted by molar-refractivity contribution is -0.385. The van der Waals surface area contributed by atoms with Crippen molar-refractivity contribution in [2.24, 2.45) is 0 Å². The van der Waals surface area contributed by atoms with Crippen molar-refractivity contribution in [3.63, 3.8) is 0 Å². The van der Waals surface area contributed by atoms with Crippen LogP contribution in [-0.2, 0) is 9.05 Å². The molecule has 0 saturated heterocycles. The van der Waals surface area contributed by atoms with Crippen molar-refractivity contribution in [2.45, 2.75) is 37.7 Å². The fourth-order valence-electron chi connectivity index (χ4n) is 1.58. The number of halogens is 2. The van der Waals surface area contributed by atoms with Gasteiger partial charge in [-0.25, -0.2) is 12.8 Å². The van der Waals surface area contributed by atoms with Crippen LogP contribution in [-0.4, -0.2) is 19.4 Å². The summed E-state index contributed by atoms with van der Waals surface area (Å²) < 4.78 is 42.0. The zero-order valence-electron chi connectivity index (χ0n) is 10.8. The van der Waals surface area contributed by atoms with Crippen LogP contribution in [0.4, 0.5) is 10.1 Å². The van der Waals surface area contributed by atoms with E-state index >= 15 is 0 Å². The zero-order chi connectivity index (χ0) is 15.5. The van der Waals surface area contributed by atoms with Crippen LogP contribution in [0.25, 0.3) is 0 Å². The summed E-state index contributed by atoms with van der Waals surface area (Å²) in [6, 6.07) is 1.28. The molecule has 0 spiro atoms. The quantitative estimate of drug-likeness (QED) is 0.455. The van der Waals surface area contributed by atoms with Crippen LogP contribution in [0.15, 0.2) is 17.0 Å². The Kier molecular flexibility index (Phi) is 5.29. The normalized spacial score (nSPS) is 11.7. The third-order valence-corrected chi connectivity index (χ3v) is 3.99. The highest BCUT2D eigenvalue weighted by atomic mass is 35.7. The summed E-state index contributed by atoms with van der Waals surface area (Å²) in [4.78, 5) is 8.99. The molecule has 0 aliphatic rings. The molecule has 0 saturated carbocycles. The predicted octanol–water partition coefficient (Wildman–Crippen LogP) is 3.23. The second kappa shape index (κ2) is 6.36. The molecule has 0 heterocycles. The molecule has 0 aromatic heterocycles. The van der Waals surface area contributed by atoms with Crippen LogP contribution in [0, 0.1) is 15.9 Å². The number of nitro benzene ring substituents is 1. The molecule has 0 unspecified atom stereocenters. The van der Waals surface area contributed by atoms with Gasteiger partial charge in [-0.15, -0.1) is 0 Å². The molecule has 0 bridgehead atoms. The topological polar surface area (TPSA) is 86.5 Å². The third-order valence-electron chi connectivity index (χ3n) is 2.66. The maximum Gasteiger partial charge on any atom is 0.273 e. The number of nitrogens with zero attached hydrogens (tertiary/aromatic N) is 1. The molecule has 0 radical (unpaired) electrons. The zero-order valence-corrected chi connectivity index (χ0v) is 12.4. The van der Waals surface area contributed by atoms with E-state index in [0.29, 0.717) is 25.0 Å². The highest BCUT2D eigenvalue weighted by Gasteiger charge is 2.27. The maximum atomic E-state index is 13.9. The number of non-ortho nitro benzene ring substituents is 1. The van der Waals surface area contributed by atoms with Crippen LogP contribution in [0.1, 0.15) is 26.7 Å². The Balaban J connectivity index is 3.46. The molecule has 6 nitrogen and oxygen atoms in total. The van der Waals surface area contributed by atoms with E-state index in [-0.39, 0.29) is 0 Å². The number of nitro groups is 1. The van der Waals surface area contributed by atoms with Crippen molar-refractivity contribution in [1.82, 2.24) is 0 Å². The van der Waals surface area contributed by atoms with Crippen molar-refractivity contribution in [3.05, 3.63) is 28.1 Å². The molecule has 9 heteroatoms. The van der Waals surface area contributed by atoms with Gasteiger partial charge >= 0.3 is 0 Å². The van der Waals surface area contributed by atoms with Gasteiger partial charge in [0.1, 0.15) is 4.90 Å². The molecule has 1 aromatic carbocycles. The SMILES string of the molecule is CCC(CC)Oc1c(F)cc([N+](=O)[O-])cc1S(=O)(=O)Cl. The second-order valence-corrected chi connectivity index (χ2v) is 6.54. The van der Waals surface area contributed by atoms with Gasteiger partial charge in [-0.2, -0.15) is 0 Å². The molecule has 1 rings (SSSR count). The minimum atomic E-state index is -4.37. The summed E-state index contributed by atoms with van der Waals surface area (Å²) in [6.45, 7) is 3.57. The van der Waals surface area contributed by atoms with E-state index < -0.39 is 42.2 Å². The first-order chi connectivity index (χ1) is 9.20. The predicted molar refractivity (Wildman–Crippen MR) is 71.1 cm³/mol. The van der Waals surface area contributed by atoms with Crippen molar-refractivity contribution < 1.29 is 22.5 Å². The molecule has 0 atom stereocenters. The third kappa shape index (κ3) is 3.80. The summed E-state index contributed by atoms with van der Waals surface area (Å²) in [5, 5.41) is 10.6. The van der Waals surface area contributed by atoms with Gasteiger partial charge < -0.3 is 4.74 Å². The molecule has 20 heavy (non-hydrogen) atoms. The minimum Gasteiger partial charge on any atom is -0.486 e. The van der Waals surface area contributed by atoms with Crippen LogP contribution >= 0.6 is 10.7 Å². The highest BCUT2D eigenvalue weighted by Crippen LogP contribution is 2.35. The number of rotatable bonds is 6. The van der Waals surface area contributed by atoms with E-state index in [2.05, 4.69) is 0 Å². The summed E-state index contributed by atoms with van der Waals surface area (Å²) in [6.07, 6.45) is 0.631.